The maximum absolute atomic E-state index is 13.6. The molecule has 23 heavy (non-hydrogen) atoms. The summed E-state index contributed by atoms with van der Waals surface area (Å²) in [5.41, 5.74) is -0.648. The topological polar surface area (TPSA) is 107 Å². The maximum Gasteiger partial charge on any atom is 0.432 e. The van der Waals surface area contributed by atoms with Crippen molar-refractivity contribution in [1.82, 2.24) is 9.78 Å². The van der Waals surface area contributed by atoms with Crippen LogP contribution in [0.25, 0.3) is 0 Å². The number of hydrogen-bond donors (Lipinski definition) is 1. The van der Waals surface area contributed by atoms with Gasteiger partial charge in [0.15, 0.2) is 0 Å². The number of halogens is 1. The standard InChI is InChI=1S/C14H14FN3O5/c1-14(2,3)9-7-17(13(19)20)16-12(9)23-8-4-5-11(18(21)22)10(15)6-8/h4-7H,1-3H3,(H,19,20). The average molecular weight is 323 g/mol. The molecule has 0 aliphatic carbocycles. The van der Waals surface area contributed by atoms with Gasteiger partial charge in [-0.2, -0.15) is 9.07 Å². The highest BCUT2D eigenvalue weighted by molar-refractivity contribution is 5.67. The lowest BCUT2D eigenvalue weighted by molar-refractivity contribution is -0.387. The predicted molar refractivity (Wildman–Crippen MR) is 77.5 cm³/mol. The molecule has 0 atom stereocenters. The van der Waals surface area contributed by atoms with E-state index < -0.39 is 27.9 Å². The zero-order valence-electron chi connectivity index (χ0n) is 12.6. The third-order valence-corrected chi connectivity index (χ3v) is 3.01. The lowest BCUT2D eigenvalue weighted by Crippen LogP contribution is -2.12. The molecule has 0 bridgehead atoms. The smallest absolute Gasteiger partial charge is 0.432 e. The molecule has 1 aromatic heterocycles. The molecule has 1 heterocycles. The lowest BCUT2D eigenvalue weighted by Gasteiger charge is -2.17. The minimum absolute atomic E-state index is 0.00634. The Morgan fingerprint density at radius 1 is 1.43 bits per heavy atom. The molecule has 0 aliphatic rings. The van der Waals surface area contributed by atoms with Crippen LogP contribution < -0.4 is 4.74 Å². The average Bonchev–Trinajstić information content (AvgIpc) is 2.82. The molecule has 0 spiro atoms. The molecule has 122 valence electrons. The fraction of sp³-hybridized carbons (Fsp3) is 0.286. The van der Waals surface area contributed by atoms with E-state index in [1.165, 1.54) is 12.3 Å². The van der Waals surface area contributed by atoms with Gasteiger partial charge in [0.2, 0.25) is 11.7 Å². The van der Waals surface area contributed by atoms with Gasteiger partial charge in [-0.15, -0.1) is 5.10 Å². The first-order chi connectivity index (χ1) is 10.6. The summed E-state index contributed by atoms with van der Waals surface area (Å²) in [6, 6.07) is 3.04. The lowest BCUT2D eigenvalue weighted by atomic mass is 9.89. The molecular formula is C14H14FN3O5. The van der Waals surface area contributed by atoms with Gasteiger partial charge in [-0.05, 0) is 11.5 Å². The Hall–Kier alpha value is -2.97. The Labute approximate surface area is 130 Å². The molecule has 0 unspecified atom stereocenters. The summed E-state index contributed by atoms with van der Waals surface area (Å²) in [5, 5.41) is 23.4. The second kappa shape index (κ2) is 5.67. The van der Waals surface area contributed by atoms with Crippen molar-refractivity contribution in [3.8, 4) is 11.6 Å². The molecule has 1 N–H and O–H groups in total. The van der Waals surface area contributed by atoms with E-state index in [1.54, 1.807) is 0 Å². The summed E-state index contributed by atoms with van der Waals surface area (Å²) in [4.78, 5) is 20.8. The van der Waals surface area contributed by atoms with Crippen molar-refractivity contribution >= 4 is 11.8 Å². The molecule has 0 fully saturated rings. The zero-order chi connectivity index (χ0) is 17.4. The van der Waals surface area contributed by atoms with E-state index in [9.17, 15) is 19.3 Å². The van der Waals surface area contributed by atoms with Crippen LogP contribution in [0.1, 0.15) is 26.3 Å². The van der Waals surface area contributed by atoms with E-state index >= 15 is 0 Å². The SMILES string of the molecule is CC(C)(C)c1cn(C(=O)O)nc1Oc1ccc([N+](=O)[O-])c(F)c1. The summed E-state index contributed by atoms with van der Waals surface area (Å²) >= 11 is 0. The van der Waals surface area contributed by atoms with E-state index in [0.717, 1.165) is 12.1 Å². The fourth-order valence-corrected chi connectivity index (χ4v) is 1.86. The second-order valence-electron chi connectivity index (χ2n) is 5.80. The third-order valence-electron chi connectivity index (χ3n) is 3.01. The van der Waals surface area contributed by atoms with Gasteiger partial charge in [0.1, 0.15) is 5.75 Å². The van der Waals surface area contributed by atoms with Gasteiger partial charge >= 0.3 is 11.8 Å². The van der Waals surface area contributed by atoms with Crippen LogP contribution in [-0.4, -0.2) is 25.9 Å². The van der Waals surface area contributed by atoms with Crippen molar-refractivity contribution < 1.29 is 24.0 Å². The zero-order valence-corrected chi connectivity index (χ0v) is 12.6. The number of nitrogens with zero attached hydrogens (tertiary/aromatic N) is 3. The minimum atomic E-state index is -1.29. The number of nitro groups is 1. The van der Waals surface area contributed by atoms with E-state index in [2.05, 4.69) is 5.10 Å². The van der Waals surface area contributed by atoms with Crippen LogP contribution in [0.5, 0.6) is 11.6 Å². The number of hydrogen-bond acceptors (Lipinski definition) is 5. The van der Waals surface area contributed by atoms with Crippen molar-refractivity contribution in [1.29, 1.82) is 0 Å². The Balaban J connectivity index is 2.42. The van der Waals surface area contributed by atoms with E-state index in [0.29, 0.717) is 10.2 Å². The van der Waals surface area contributed by atoms with Crippen molar-refractivity contribution in [2.75, 3.05) is 0 Å². The van der Waals surface area contributed by atoms with Crippen molar-refractivity contribution in [2.24, 2.45) is 0 Å². The largest absolute Gasteiger partial charge is 0.463 e. The molecule has 0 saturated carbocycles. The minimum Gasteiger partial charge on any atom is -0.463 e. The molecule has 9 heteroatoms. The van der Waals surface area contributed by atoms with E-state index in [1.807, 2.05) is 20.8 Å². The van der Waals surface area contributed by atoms with Gasteiger partial charge < -0.3 is 9.84 Å². The van der Waals surface area contributed by atoms with E-state index in [4.69, 9.17) is 9.84 Å². The molecule has 2 aromatic rings. The second-order valence-corrected chi connectivity index (χ2v) is 5.80. The van der Waals surface area contributed by atoms with Crippen LogP contribution in [-0.2, 0) is 5.41 Å². The van der Waals surface area contributed by atoms with Gasteiger partial charge in [0, 0.05) is 23.9 Å². The summed E-state index contributed by atoms with van der Waals surface area (Å²) in [6.07, 6.45) is 0.0135. The van der Waals surface area contributed by atoms with Crippen molar-refractivity contribution in [3.63, 3.8) is 0 Å². The first-order valence-corrected chi connectivity index (χ1v) is 6.55. The molecule has 2 rings (SSSR count). The van der Waals surface area contributed by atoms with Gasteiger partial charge in [-0.1, -0.05) is 20.8 Å². The van der Waals surface area contributed by atoms with Crippen LogP contribution in [0, 0.1) is 15.9 Å². The number of carboxylic acid groups (broad SMARTS) is 1. The van der Waals surface area contributed by atoms with Crippen LogP contribution in [0.15, 0.2) is 24.4 Å². The maximum atomic E-state index is 13.6. The summed E-state index contributed by atoms with van der Waals surface area (Å²) in [6.45, 7) is 5.50. The molecule has 1 aromatic carbocycles. The summed E-state index contributed by atoms with van der Waals surface area (Å²) in [7, 11) is 0. The molecule has 0 aliphatic heterocycles. The fourth-order valence-electron chi connectivity index (χ4n) is 1.86. The van der Waals surface area contributed by atoms with E-state index in [-0.39, 0.29) is 11.6 Å². The van der Waals surface area contributed by atoms with Gasteiger partial charge in [-0.25, -0.2) is 4.79 Å². The summed E-state index contributed by atoms with van der Waals surface area (Å²) < 4.78 is 19.7. The van der Waals surface area contributed by atoms with Crippen LogP contribution >= 0.6 is 0 Å². The molecular weight excluding hydrogens is 309 g/mol. The highest BCUT2D eigenvalue weighted by atomic mass is 19.1. The highest BCUT2D eigenvalue weighted by Crippen LogP contribution is 2.34. The van der Waals surface area contributed by atoms with Gasteiger partial charge in [-0.3, -0.25) is 10.1 Å². The molecule has 0 radical (unpaired) electrons. The Morgan fingerprint density at radius 3 is 2.57 bits per heavy atom. The van der Waals surface area contributed by atoms with Gasteiger partial charge in [0.25, 0.3) is 0 Å². The summed E-state index contributed by atoms with van der Waals surface area (Å²) in [5.74, 6) is -1.08. The van der Waals surface area contributed by atoms with Crippen LogP contribution in [0.2, 0.25) is 0 Å². The Bertz CT molecular complexity index is 779. The molecule has 8 nitrogen and oxygen atoms in total. The van der Waals surface area contributed by atoms with Crippen LogP contribution in [0.4, 0.5) is 14.9 Å². The predicted octanol–water partition coefficient (Wildman–Crippen LogP) is 3.55. The number of carbonyl (C=O) groups is 1. The highest BCUT2D eigenvalue weighted by Gasteiger charge is 2.25. The number of benzene rings is 1. The normalized spacial score (nSPS) is 11.3. The number of aromatic nitrogens is 2. The Morgan fingerprint density at radius 2 is 2.09 bits per heavy atom. The number of rotatable bonds is 3. The third kappa shape index (κ3) is 3.44. The quantitative estimate of drug-likeness (QED) is 0.683. The number of nitro benzene ring substituents is 1. The molecule has 0 amide bonds. The number of ether oxygens (including phenoxy) is 1. The van der Waals surface area contributed by atoms with Crippen molar-refractivity contribution in [2.45, 2.75) is 26.2 Å². The Kier molecular flexibility index (Phi) is 4.04. The van der Waals surface area contributed by atoms with Crippen molar-refractivity contribution in [3.05, 3.63) is 45.9 Å². The first-order valence-electron chi connectivity index (χ1n) is 6.55. The monoisotopic (exact) mass is 323 g/mol. The van der Waals surface area contributed by atoms with Crippen LogP contribution in [0.3, 0.4) is 0 Å². The molecule has 0 saturated heterocycles. The first kappa shape index (κ1) is 16.4. The van der Waals surface area contributed by atoms with Gasteiger partial charge in [0.05, 0.1) is 4.92 Å².